The number of fused-ring (bicyclic) bond motifs is 6. The highest BCUT2D eigenvalue weighted by molar-refractivity contribution is 6.26. The van der Waals surface area contributed by atoms with Crippen LogP contribution in [0.1, 0.15) is 0 Å². The summed E-state index contributed by atoms with van der Waals surface area (Å²) < 4.78 is 12.8. The van der Waals surface area contributed by atoms with Crippen LogP contribution < -0.4 is 0 Å². The fourth-order valence-electron chi connectivity index (χ4n) is 7.68. The van der Waals surface area contributed by atoms with Crippen LogP contribution in [0.15, 0.2) is 179 Å². The summed E-state index contributed by atoms with van der Waals surface area (Å²) in [5.41, 5.74) is 12.0. The van der Waals surface area contributed by atoms with Crippen LogP contribution in [-0.4, -0.2) is 0 Å². The maximum absolute atomic E-state index is 6.62. The third-order valence-corrected chi connectivity index (χ3v) is 9.76. The average Bonchev–Trinajstić information content (AvgIpc) is 3.74. The molecule has 48 heavy (non-hydrogen) atoms. The maximum atomic E-state index is 6.62. The third-order valence-electron chi connectivity index (χ3n) is 9.76. The van der Waals surface area contributed by atoms with Crippen molar-refractivity contribution in [1.29, 1.82) is 0 Å². The molecule has 224 valence electrons. The number of hydrogen-bond acceptors (Lipinski definition) is 2. The van der Waals surface area contributed by atoms with Crippen LogP contribution in [0.25, 0.3) is 99.0 Å². The first kappa shape index (κ1) is 26.8. The summed E-state index contributed by atoms with van der Waals surface area (Å²) in [7, 11) is 0. The summed E-state index contributed by atoms with van der Waals surface area (Å²) in [6, 6.07) is 58.3. The third kappa shape index (κ3) is 4.00. The van der Waals surface area contributed by atoms with Gasteiger partial charge in [0.1, 0.15) is 16.7 Å². The van der Waals surface area contributed by atoms with Crippen LogP contribution >= 0.6 is 0 Å². The lowest BCUT2D eigenvalue weighted by Crippen LogP contribution is -1.93. The van der Waals surface area contributed by atoms with Crippen molar-refractivity contribution in [2.45, 2.75) is 0 Å². The summed E-state index contributed by atoms with van der Waals surface area (Å²) in [4.78, 5) is 0. The van der Waals surface area contributed by atoms with Gasteiger partial charge in [-0.1, -0.05) is 146 Å². The number of furan rings is 2. The van der Waals surface area contributed by atoms with E-state index in [-0.39, 0.29) is 0 Å². The molecule has 2 heterocycles. The Balaban J connectivity index is 1.28. The second-order valence-corrected chi connectivity index (χ2v) is 12.4. The van der Waals surface area contributed by atoms with Gasteiger partial charge in [-0.15, -0.1) is 0 Å². The van der Waals surface area contributed by atoms with E-state index in [0.717, 1.165) is 49.6 Å². The van der Waals surface area contributed by atoms with Crippen molar-refractivity contribution >= 4 is 54.5 Å². The summed E-state index contributed by atoms with van der Waals surface area (Å²) in [5, 5.41) is 8.06. The molecule has 0 fully saturated rings. The van der Waals surface area contributed by atoms with Crippen molar-refractivity contribution in [1.82, 2.24) is 0 Å². The molecule has 2 aromatic heterocycles. The van der Waals surface area contributed by atoms with Crippen molar-refractivity contribution in [3.8, 4) is 44.5 Å². The molecule has 10 rings (SSSR count). The molecule has 0 saturated carbocycles. The highest BCUT2D eigenvalue weighted by Crippen LogP contribution is 2.49. The van der Waals surface area contributed by atoms with Crippen molar-refractivity contribution < 1.29 is 8.83 Å². The molecule has 0 amide bonds. The molecule has 0 atom stereocenters. The molecule has 0 unspecified atom stereocenters. The van der Waals surface area contributed by atoms with Gasteiger partial charge < -0.3 is 8.83 Å². The lowest BCUT2D eigenvalue weighted by atomic mass is 9.83. The van der Waals surface area contributed by atoms with Crippen molar-refractivity contribution in [2.24, 2.45) is 0 Å². The molecular weight excluding hydrogens is 585 g/mol. The zero-order chi connectivity index (χ0) is 31.6. The lowest BCUT2D eigenvalue weighted by Gasteiger charge is -2.20. The van der Waals surface area contributed by atoms with E-state index >= 15 is 0 Å². The summed E-state index contributed by atoms with van der Waals surface area (Å²) >= 11 is 0. The van der Waals surface area contributed by atoms with Crippen LogP contribution in [0.2, 0.25) is 0 Å². The molecule has 0 saturated heterocycles. The van der Waals surface area contributed by atoms with Crippen LogP contribution in [0.3, 0.4) is 0 Å². The predicted octanol–water partition coefficient (Wildman–Crippen LogP) is 13.3. The summed E-state index contributed by atoms with van der Waals surface area (Å²) in [6.45, 7) is 0. The van der Waals surface area contributed by atoms with Gasteiger partial charge in [-0.05, 0) is 78.7 Å². The molecule has 10 aromatic rings. The zero-order valence-electron chi connectivity index (χ0n) is 26.0. The Morgan fingerprint density at radius 2 is 0.812 bits per heavy atom. The van der Waals surface area contributed by atoms with Crippen molar-refractivity contribution in [3.63, 3.8) is 0 Å². The monoisotopic (exact) mass is 612 g/mol. The largest absolute Gasteiger partial charge is 0.464 e. The quantitative estimate of drug-likeness (QED) is 0.185. The Morgan fingerprint density at radius 1 is 0.312 bits per heavy atom. The number of benzene rings is 8. The van der Waals surface area contributed by atoms with Gasteiger partial charge in [0.05, 0.1) is 6.26 Å². The highest BCUT2D eigenvalue weighted by atomic mass is 16.3. The van der Waals surface area contributed by atoms with Gasteiger partial charge in [0.15, 0.2) is 0 Å². The zero-order valence-corrected chi connectivity index (χ0v) is 26.0. The second-order valence-electron chi connectivity index (χ2n) is 12.4. The molecule has 0 spiro atoms. The van der Waals surface area contributed by atoms with Gasteiger partial charge in [0.2, 0.25) is 0 Å². The van der Waals surface area contributed by atoms with E-state index in [1.165, 1.54) is 49.4 Å². The minimum atomic E-state index is 0.849. The first-order chi connectivity index (χ1) is 23.8. The molecule has 2 nitrogen and oxygen atoms in total. The Bertz CT molecular complexity index is 2760. The second kappa shape index (κ2) is 10.6. The minimum Gasteiger partial charge on any atom is -0.464 e. The molecule has 0 aliphatic carbocycles. The van der Waals surface area contributed by atoms with Gasteiger partial charge in [0.25, 0.3) is 0 Å². The maximum Gasteiger partial charge on any atom is 0.136 e. The SMILES string of the molecule is c1ccc(-c2ccccc2-c2c3ccccc3c(-c3cccc4oc5cc6c(-c7ccccc7)coc6cc5c34)c3ccccc23)cc1. The van der Waals surface area contributed by atoms with E-state index in [9.17, 15) is 0 Å². The van der Waals surface area contributed by atoms with Crippen molar-refractivity contribution in [2.75, 3.05) is 0 Å². The molecule has 0 aliphatic rings. The Hall–Kier alpha value is -6.38. The summed E-state index contributed by atoms with van der Waals surface area (Å²) in [6.07, 6.45) is 1.86. The normalized spacial score (nSPS) is 11.8. The fourth-order valence-corrected chi connectivity index (χ4v) is 7.68. The standard InChI is InChI=1S/C46H28O2/c1-3-14-29(15-4-1)31-18-7-8-19-32(31)44-33-20-9-11-22-35(33)45(36-23-12-10-21-34(36)44)37-24-13-25-41-46(37)39-27-42-38(26-43(39)48-41)40(28-47-42)30-16-5-2-6-17-30/h1-28H. The van der Waals surface area contributed by atoms with Crippen LogP contribution in [0, 0.1) is 0 Å². The van der Waals surface area contributed by atoms with Crippen LogP contribution in [0.5, 0.6) is 0 Å². The van der Waals surface area contributed by atoms with E-state index in [0.29, 0.717) is 0 Å². The van der Waals surface area contributed by atoms with Crippen molar-refractivity contribution in [3.05, 3.63) is 170 Å². The minimum absolute atomic E-state index is 0.849. The van der Waals surface area contributed by atoms with Crippen LogP contribution in [-0.2, 0) is 0 Å². The van der Waals surface area contributed by atoms with Gasteiger partial charge in [0, 0.05) is 21.7 Å². The Kier molecular flexibility index (Phi) is 5.91. The van der Waals surface area contributed by atoms with E-state index in [1.54, 1.807) is 0 Å². The lowest BCUT2D eigenvalue weighted by molar-refractivity contribution is 0.617. The van der Waals surface area contributed by atoms with Gasteiger partial charge in [-0.3, -0.25) is 0 Å². The van der Waals surface area contributed by atoms with Gasteiger partial charge >= 0.3 is 0 Å². The van der Waals surface area contributed by atoms with Crippen LogP contribution in [0.4, 0.5) is 0 Å². The van der Waals surface area contributed by atoms with Gasteiger partial charge in [-0.25, -0.2) is 0 Å². The molecule has 0 bridgehead atoms. The topological polar surface area (TPSA) is 26.3 Å². The number of rotatable bonds is 4. The fraction of sp³-hybridized carbons (Fsp3) is 0. The van der Waals surface area contributed by atoms with E-state index < -0.39 is 0 Å². The Labute approximate surface area is 277 Å². The smallest absolute Gasteiger partial charge is 0.136 e. The van der Waals surface area contributed by atoms with E-state index in [2.05, 4.69) is 158 Å². The molecule has 0 N–H and O–H groups in total. The molecular formula is C46H28O2. The molecule has 8 aromatic carbocycles. The van der Waals surface area contributed by atoms with Gasteiger partial charge in [-0.2, -0.15) is 0 Å². The van der Waals surface area contributed by atoms with E-state index in [1.807, 2.05) is 12.3 Å². The average molecular weight is 613 g/mol. The Morgan fingerprint density at radius 3 is 1.46 bits per heavy atom. The predicted molar refractivity (Wildman–Crippen MR) is 200 cm³/mol. The highest BCUT2D eigenvalue weighted by Gasteiger charge is 2.22. The molecule has 0 aliphatic heterocycles. The van der Waals surface area contributed by atoms with E-state index in [4.69, 9.17) is 8.83 Å². The number of hydrogen-bond donors (Lipinski definition) is 0. The first-order valence-electron chi connectivity index (χ1n) is 16.3. The summed E-state index contributed by atoms with van der Waals surface area (Å²) in [5.74, 6) is 0. The molecule has 2 heteroatoms. The molecule has 0 radical (unpaired) electrons. The first-order valence-corrected chi connectivity index (χ1v) is 16.3.